The highest BCUT2D eigenvalue weighted by molar-refractivity contribution is 5.94. The first-order chi connectivity index (χ1) is 11.5. The van der Waals surface area contributed by atoms with Crippen molar-refractivity contribution in [3.05, 3.63) is 47.8 Å². The summed E-state index contributed by atoms with van der Waals surface area (Å²) in [6, 6.07) is 9.58. The largest absolute Gasteiger partial charge is 0.471 e. The molecule has 3 rings (SSSR count). The zero-order valence-corrected chi connectivity index (χ0v) is 13.6. The monoisotopic (exact) mass is 330 g/mol. The van der Waals surface area contributed by atoms with Crippen molar-refractivity contribution in [2.75, 3.05) is 32.1 Å². The van der Waals surface area contributed by atoms with Gasteiger partial charge in [0.25, 0.3) is 5.91 Å². The van der Waals surface area contributed by atoms with Gasteiger partial charge < -0.3 is 14.5 Å². The van der Waals surface area contributed by atoms with Crippen molar-refractivity contribution < 1.29 is 13.9 Å². The minimum atomic E-state index is -0.503. The van der Waals surface area contributed by atoms with Gasteiger partial charge in [0.2, 0.25) is 5.88 Å². The van der Waals surface area contributed by atoms with E-state index in [0.717, 1.165) is 5.82 Å². The van der Waals surface area contributed by atoms with Crippen LogP contribution in [0, 0.1) is 5.82 Å². The summed E-state index contributed by atoms with van der Waals surface area (Å²) in [5.41, 5.74) is 0.0910. The van der Waals surface area contributed by atoms with Gasteiger partial charge >= 0.3 is 0 Å². The topological polar surface area (TPSA) is 58.6 Å². The van der Waals surface area contributed by atoms with Crippen LogP contribution in [-0.4, -0.2) is 54.3 Å². The molecular formula is C17H19FN4O2. The van der Waals surface area contributed by atoms with Crippen molar-refractivity contribution in [2.45, 2.75) is 12.5 Å². The number of amides is 1. The number of carbonyl (C=O) groups is 1. The Morgan fingerprint density at radius 3 is 2.71 bits per heavy atom. The van der Waals surface area contributed by atoms with Gasteiger partial charge in [-0.3, -0.25) is 4.79 Å². The van der Waals surface area contributed by atoms with Gasteiger partial charge in [-0.15, -0.1) is 10.2 Å². The van der Waals surface area contributed by atoms with Crippen LogP contribution in [0.5, 0.6) is 5.88 Å². The number of aromatic nitrogens is 2. The Labute approximate surface area is 139 Å². The van der Waals surface area contributed by atoms with Crippen LogP contribution >= 0.6 is 0 Å². The molecule has 2 aromatic rings. The van der Waals surface area contributed by atoms with Crippen molar-refractivity contribution in [1.29, 1.82) is 0 Å². The number of anilines is 1. The molecule has 2 heterocycles. The Balaban J connectivity index is 1.61. The minimum absolute atomic E-state index is 0.0910. The van der Waals surface area contributed by atoms with Crippen LogP contribution in [-0.2, 0) is 0 Å². The van der Waals surface area contributed by atoms with E-state index < -0.39 is 5.82 Å². The number of carbonyl (C=O) groups excluding carboxylic acids is 1. The highest BCUT2D eigenvalue weighted by Crippen LogP contribution is 2.20. The second-order valence-corrected chi connectivity index (χ2v) is 5.88. The van der Waals surface area contributed by atoms with Gasteiger partial charge in [0.15, 0.2) is 5.82 Å². The van der Waals surface area contributed by atoms with Crippen LogP contribution in [0.25, 0.3) is 0 Å². The predicted molar refractivity (Wildman–Crippen MR) is 87.7 cm³/mol. The second-order valence-electron chi connectivity index (χ2n) is 5.88. The van der Waals surface area contributed by atoms with Crippen LogP contribution in [0.4, 0.5) is 10.2 Å². The lowest BCUT2D eigenvalue weighted by atomic mass is 10.2. The molecule has 0 saturated carbocycles. The van der Waals surface area contributed by atoms with Crippen LogP contribution in [0.2, 0.25) is 0 Å². The lowest BCUT2D eigenvalue weighted by Gasteiger charge is -2.17. The molecule has 1 aliphatic rings. The van der Waals surface area contributed by atoms with Crippen LogP contribution in [0.15, 0.2) is 36.4 Å². The van der Waals surface area contributed by atoms with Crippen molar-refractivity contribution in [3.8, 4) is 5.88 Å². The number of benzene rings is 1. The molecule has 1 aromatic heterocycles. The van der Waals surface area contributed by atoms with Gasteiger partial charge in [0.05, 0.1) is 12.1 Å². The molecule has 1 saturated heterocycles. The molecule has 0 unspecified atom stereocenters. The molecule has 1 fully saturated rings. The van der Waals surface area contributed by atoms with E-state index in [4.69, 9.17) is 4.74 Å². The fraction of sp³-hybridized carbons (Fsp3) is 0.353. The average Bonchev–Trinajstić information content (AvgIpc) is 3.04. The quantitative estimate of drug-likeness (QED) is 0.858. The highest BCUT2D eigenvalue weighted by Gasteiger charge is 2.29. The fourth-order valence-electron chi connectivity index (χ4n) is 2.60. The van der Waals surface area contributed by atoms with Gasteiger partial charge in [-0.05, 0) is 18.2 Å². The molecule has 6 nitrogen and oxygen atoms in total. The molecule has 1 aliphatic heterocycles. The van der Waals surface area contributed by atoms with Gasteiger partial charge in [0.1, 0.15) is 11.9 Å². The molecule has 0 radical (unpaired) electrons. The Morgan fingerprint density at radius 1 is 1.25 bits per heavy atom. The zero-order chi connectivity index (χ0) is 17.1. The number of ether oxygens (including phenoxy) is 1. The van der Waals surface area contributed by atoms with Crippen molar-refractivity contribution >= 4 is 11.7 Å². The zero-order valence-electron chi connectivity index (χ0n) is 13.6. The maximum absolute atomic E-state index is 13.7. The number of likely N-dealkylation sites (tertiary alicyclic amines) is 1. The van der Waals surface area contributed by atoms with Gasteiger partial charge in [-0.2, -0.15) is 0 Å². The molecular weight excluding hydrogens is 311 g/mol. The van der Waals surface area contributed by atoms with Crippen LogP contribution in [0.3, 0.4) is 0 Å². The summed E-state index contributed by atoms with van der Waals surface area (Å²) in [7, 11) is 3.77. The van der Waals surface area contributed by atoms with E-state index in [-0.39, 0.29) is 17.6 Å². The maximum Gasteiger partial charge on any atom is 0.256 e. The molecule has 0 N–H and O–H groups in total. The second kappa shape index (κ2) is 6.82. The number of hydrogen-bond donors (Lipinski definition) is 0. The molecule has 0 bridgehead atoms. The Bertz CT molecular complexity index is 721. The molecule has 1 aromatic carbocycles. The van der Waals surface area contributed by atoms with Crippen LogP contribution < -0.4 is 9.64 Å². The molecule has 126 valence electrons. The van der Waals surface area contributed by atoms with E-state index in [1.165, 1.54) is 12.1 Å². The number of rotatable bonds is 4. The lowest BCUT2D eigenvalue weighted by Crippen LogP contribution is -2.31. The molecule has 0 aliphatic carbocycles. The van der Waals surface area contributed by atoms with Gasteiger partial charge in [0, 0.05) is 33.1 Å². The van der Waals surface area contributed by atoms with Crippen molar-refractivity contribution in [2.24, 2.45) is 0 Å². The molecule has 7 heteroatoms. The first kappa shape index (κ1) is 16.2. The highest BCUT2D eigenvalue weighted by atomic mass is 19.1. The minimum Gasteiger partial charge on any atom is -0.471 e. The predicted octanol–water partition coefficient (Wildman–Crippen LogP) is 1.98. The van der Waals surface area contributed by atoms with Crippen molar-refractivity contribution in [3.63, 3.8) is 0 Å². The number of hydrogen-bond acceptors (Lipinski definition) is 5. The first-order valence-corrected chi connectivity index (χ1v) is 7.76. The van der Waals surface area contributed by atoms with E-state index in [2.05, 4.69) is 10.2 Å². The van der Waals surface area contributed by atoms with E-state index in [1.54, 1.807) is 23.1 Å². The third kappa shape index (κ3) is 3.45. The third-order valence-electron chi connectivity index (χ3n) is 3.91. The normalized spacial score (nSPS) is 17.0. The molecule has 24 heavy (non-hydrogen) atoms. The van der Waals surface area contributed by atoms with E-state index in [0.29, 0.717) is 25.4 Å². The summed E-state index contributed by atoms with van der Waals surface area (Å²) >= 11 is 0. The summed E-state index contributed by atoms with van der Waals surface area (Å²) in [5, 5.41) is 8.08. The van der Waals surface area contributed by atoms with E-state index in [1.807, 2.05) is 25.1 Å². The summed E-state index contributed by atoms with van der Waals surface area (Å²) in [4.78, 5) is 15.8. The first-order valence-electron chi connectivity index (χ1n) is 7.76. The third-order valence-corrected chi connectivity index (χ3v) is 3.91. The Kier molecular flexibility index (Phi) is 4.59. The van der Waals surface area contributed by atoms with Gasteiger partial charge in [-0.25, -0.2) is 4.39 Å². The average molecular weight is 330 g/mol. The number of nitrogens with zero attached hydrogens (tertiary/aromatic N) is 4. The number of halogens is 1. The smallest absolute Gasteiger partial charge is 0.256 e. The molecule has 1 amide bonds. The summed E-state index contributed by atoms with van der Waals surface area (Å²) < 4.78 is 19.5. The summed E-state index contributed by atoms with van der Waals surface area (Å²) in [5.74, 6) is 0.348. The summed E-state index contributed by atoms with van der Waals surface area (Å²) in [6.07, 6.45) is 0.511. The van der Waals surface area contributed by atoms with Crippen LogP contribution in [0.1, 0.15) is 16.8 Å². The maximum atomic E-state index is 13.7. The van der Waals surface area contributed by atoms with Gasteiger partial charge in [-0.1, -0.05) is 12.1 Å². The standard InChI is InChI=1S/C17H19FN4O2/c1-21(2)15-7-8-16(20-19-15)24-12-9-10-22(11-12)17(23)13-5-3-4-6-14(13)18/h3-8,12H,9-11H2,1-2H3/t12-/m0/s1. The summed E-state index contributed by atoms with van der Waals surface area (Å²) in [6.45, 7) is 0.936. The molecule has 1 atom stereocenters. The fourth-order valence-corrected chi connectivity index (χ4v) is 2.60. The molecule has 0 spiro atoms. The van der Waals surface area contributed by atoms with E-state index in [9.17, 15) is 9.18 Å². The van der Waals surface area contributed by atoms with E-state index >= 15 is 0 Å². The van der Waals surface area contributed by atoms with Crippen molar-refractivity contribution in [1.82, 2.24) is 15.1 Å². The lowest BCUT2D eigenvalue weighted by molar-refractivity contribution is 0.0766. The Morgan fingerprint density at radius 2 is 2.04 bits per heavy atom. The Hall–Kier alpha value is -2.70. The SMILES string of the molecule is CN(C)c1ccc(O[C@H]2CCN(C(=O)c3ccccc3F)C2)nn1.